The number of amides is 1. The third kappa shape index (κ3) is 7.40. The second-order valence-corrected chi connectivity index (χ2v) is 7.94. The van der Waals surface area contributed by atoms with Crippen LogP contribution in [0.15, 0.2) is 59.6 Å². The van der Waals surface area contributed by atoms with Gasteiger partial charge < -0.3 is 16.0 Å². The summed E-state index contributed by atoms with van der Waals surface area (Å²) >= 11 is 0. The monoisotopic (exact) mass is 421 g/mol. The van der Waals surface area contributed by atoms with Crippen LogP contribution in [0.3, 0.4) is 0 Å². The minimum Gasteiger partial charge on any atom is -0.357 e. The van der Waals surface area contributed by atoms with Gasteiger partial charge in [-0.2, -0.15) is 0 Å². The molecule has 1 aliphatic heterocycles. The first-order chi connectivity index (χ1) is 15.2. The van der Waals surface area contributed by atoms with E-state index in [2.05, 4.69) is 70.2 Å². The number of rotatable bonds is 9. The van der Waals surface area contributed by atoms with E-state index in [1.165, 1.54) is 30.9 Å². The van der Waals surface area contributed by atoms with Gasteiger partial charge in [-0.25, -0.2) is 0 Å². The zero-order valence-corrected chi connectivity index (χ0v) is 18.7. The van der Waals surface area contributed by atoms with Crippen LogP contribution in [0.5, 0.6) is 0 Å². The van der Waals surface area contributed by atoms with Crippen molar-refractivity contribution in [2.24, 2.45) is 4.99 Å². The van der Waals surface area contributed by atoms with Crippen molar-refractivity contribution in [2.75, 3.05) is 38.0 Å². The van der Waals surface area contributed by atoms with Crippen LogP contribution in [-0.4, -0.2) is 49.5 Å². The Morgan fingerprint density at radius 2 is 1.74 bits per heavy atom. The van der Waals surface area contributed by atoms with Crippen molar-refractivity contribution in [1.29, 1.82) is 0 Å². The summed E-state index contributed by atoms with van der Waals surface area (Å²) in [7, 11) is 0. The summed E-state index contributed by atoms with van der Waals surface area (Å²) in [5, 5.41) is 9.63. The van der Waals surface area contributed by atoms with Gasteiger partial charge in [0.2, 0.25) is 5.91 Å². The summed E-state index contributed by atoms with van der Waals surface area (Å²) in [6, 6.07) is 19.0. The molecular weight excluding hydrogens is 386 g/mol. The van der Waals surface area contributed by atoms with Crippen molar-refractivity contribution in [3.8, 4) is 0 Å². The minimum atomic E-state index is -0.0522. The van der Waals surface area contributed by atoms with Crippen molar-refractivity contribution >= 4 is 17.6 Å². The van der Waals surface area contributed by atoms with Gasteiger partial charge in [-0.1, -0.05) is 42.5 Å². The van der Waals surface area contributed by atoms with E-state index in [9.17, 15) is 4.79 Å². The SMILES string of the molecule is CCNC(=NCC(c1ccccc1)N1CCCC1)NCCc1ccc(NC(C)=O)cc1. The number of hydrogen-bond acceptors (Lipinski definition) is 3. The molecule has 1 atom stereocenters. The average molecular weight is 422 g/mol. The van der Waals surface area contributed by atoms with Crippen molar-refractivity contribution in [1.82, 2.24) is 15.5 Å². The number of nitrogens with zero attached hydrogens (tertiary/aromatic N) is 2. The highest BCUT2D eigenvalue weighted by Gasteiger charge is 2.23. The average Bonchev–Trinajstić information content (AvgIpc) is 3.30. The Labute approximate surface area is 186 Å². The Morgan fingerprint density at radius 3 is 2.39 bits per heavy atom. The largest absolute Gasteiger partial charge is 0.357 e. The van der Waals surface area contributed by atoms with Crippen molar-refractivity contribution < 1.29 is 4.79 Å². The Hall–Kier alpha value is -2.86. The smallest absolute Gasteiger partial charge is 0.221 e. The molecule has 6 nitrogen and oxygen atoms in total. The standard InChI is InChI=1S/C25H35N5O/c1-3-26-25(27-16-15-21-11-13-23(14-12-21)29-20(2)31)28-19-24(30-17-7-8-18-30)22-9-5-4-6-10-22/h4-6,9-14,24H,3,7-8,15-19H2,1-2H3,(H,29,31)(H2,26,27,28). The number of carbonyl (C=O) groups excluding carboxylic acids is 1. The maximum atomic E-state index is 11.1. The van der Waals surface area contributed by atoms with Crippen molar-refractivity contribution in [3.05, 3.63) is 65.7 Å². The van der Waals surface area contributed by atoms with Gasteiger partial charge in [-0.05, 0) is 62.5 Å². The van der Waals surface area contributed by atoms with Crippen LogP contribution in [-0.2, 0) is 11.2 Å². The molecule has 2 aromatic rings. The highest BCUT2D eigenvalue weighted by Crippen LogP contribution is 2.25. The number of likely N-dealkylation sites (tertiary alicyclic amines) is 1. The molecule has 0 spiro atoms. The van der Waals surface area contributed by atoms with Crippen LogP contribution in [0, 0.1) is 0 Å². The molecule has 1 heterocycles. The zero-order chi connectivity index (χ0) is 21.9. The van der Waals surface area contributed by atoms with E-state index in [1.807, 2.05) is 12.1 Å². The van der Waals surface area contributed by atoms with Gasteiger partial charge >= 0.3 is 0 Å². The quantitative estimate of drug-likeness (QED) is 0.428. The third-order valence-electron chi connectivity index (χ3n) is 5.51. The van der Waals surface area contributed by atoms with E-state index in [1.54, 1.807) is 0 Å². The van der Waals surface area contributed by atoms with Gasteiger partial charge in [0, 0.05) is 25.7 Å². The van der Waals surface area contributed by atoms with Crippen LogP contribution in [0.25, 0.3) is 0 Å². The topological polar surface area (TPSA) is 68.8 Å². The lowest BCUT2D eigenvalue weighted by atomic mass is 10.1. The Kier molecular flexibility index (Phi) is 8.91. The molecule has 3 N–H and O–H groups in total. The lowest BCUT2D eigenvalue weighted by molar-refractivity contribution is -0.114. The first-order valence-electron chi connectivity index (χ1n) is 11.3. The second kappa shape index (κ2) is 12.1. The second-order valence-electron chi connectivity index (χ2n) is 7.94. The van der Waals surface area contributed by atoms with E-state index in [4.69, 9.17) is 4.99 Å². The molecule has 0 bridgehead atoms. The molecule has 0 aromatic heterocycles. The Morgan fingerprint density at radius 1 is 1.03 bits per heavy atom. The van der Waals surface area contributed by atoms with E-state index < -0.39 is 0 Å². The molecule has 2 aromatic carbocycles. The third-order valence-corrected chi connectivity index (χ3v) is 5.51. The molecule has 6 heteroatoms. The fourth-order valence-electron chi connectivity index (χ4n) is 3.96. The number of guanidine groups is 1. The number of anilines is 1. The molecular formula is C25H35N5O. The predicted octanol–water partition coefficient (Wildman–Crippen LogP) is 3.58. The van der Waals surface area contributed by atoms with E-state index >= 15 is 0 Å². The molecule has 1 amide bonds. The van der Waals surface area contributed by atoms with Gasteiger partial charge in [0.1, 0.15) is 0 Å². The van der Waals surface area contributed by atoms with Crippen LogP contribution in [0.2, 0.25) is 0 Å². The van der Waals surface area contributed by atoms with Crippen LogP contribution < -0.4 is 16.0 Å². The van der Waals surface area contributed by atoms with Crippen LogP contribution in [0.1, 0.15) is 43.9 Å². The summed E-state index contributed by atoms with van der Waals surface area (Å²) in [5.41, 5.74) is 3.38. The summed E-state index contributed by atoms with van der Waals surface area (Å²) < 4.78 is 0. The maximum absolute atomic E-state index is 11.1. The molecule has 0 radical (unpaired) electrons. The highest BCUT2D eigenvalue weighted by molar-refractivity contribution is 5.88. The van der Waals surface area contributed by atoms with Gasteiger partial charge in [-0.15, -0.1) is 0 Å². The lowest BCUT2D eigenvalue weighted by Gasteiger charge is -2.27. The summed E-state index contributed by atoms with van der Waals surface area (Å²) in [5.74, 6) is 0.807. The van der Waals surface area contributed by atoms with E-state index in [0.29, 0.717) is 6.04 Å². The number of hydrogen-bond donors (Lipinski definition) is 3. The van der Waals surface area contributed by atoms with Gasteiger partial charge in [0.25, 0.3) is 0 Å². The Bertz CT molecular complexity index is 829. The van der Waals surface area contributed by atoms with Crippen LogP contribution >= 0.6 is 0 Å². The summed E-state index contributed by atoms with van der Waals surface area (Å²) in [4.78, 5) is 18.6. The van der Waals surface area contributed by atoms with Gasteiger partial charge in [-0.3, -0.25) is 14.7 Å². The highest BCUT2D eigenvalue weighted by atomic mass is 16.1. The fraction of sp³-hybridized carbons (Fsp3) is 0.440. The van der Waals surface area contributed by atoms with E-state index in [0.717, 1.165) is 50.8 Å². The predicted molar refractivity (Wildman–Crippen MR) is 128 cm³/mol. The number of nitrogens with one attached hydrogen (secondary N) is 3. The molecule has 31 heavy (non-hydrogen) atoms. The number of carbonyl (C=O) groups is 1. The summed E-state index contributed by atoms with van der Waals surface area (Å²) in [6.45, 7) is 8.27. The van der Waals surface area contributed by atoms with E-state index in [-0.39, 0.29) is 5.91 Å². The maximum Gasteiger partial charge on any atom is 0.221 e. The van der Waals surface area contributed by atoms with Crippen molar-refractivity contribution in [3.63, 3.8) is 0 Å². The Balaban J connectivity index is 1.57. The molecule has 166 valence electrons. The zero-order valence-electron chi connectivity index (χ0n) is 18.7. The molecule has 1 aliphatic rings. The fourth-order valence-corrected chi connectivity index (χ4v) is 3.96. The molecule has 0 aliphatic carbocycles. The van der Waals surface area contributed by atoms with Crippen molar-refractivity contribution in [2.45, 2.75) is 39.2 Å². The number of aliphatic imine (C=N–C) groups is 1. The molecule has 1 saturated heterocycles. The molecule has 3 rings (SSSR count). The normalized spacial score (nSPS) is 15.5. The van der Waals surface area contributed by atoms with Crippen LogP contribution in [0.4, 0.5) is 5.69 Å². The first kappa shape index (κ1) is 22.8. The summed E-state index contributed by atoms with van der Waals surface area (Å²) in [6.07, 6.45) is 3.43. The molecule has 1 fully saturated rings. The lowest BCUT2D eigenvalue weighted by Crippen LogP contribution is -2.39. The molecule has 1 unspecified atom stereocenters. The van der Waals surface area contributed by atoms with Gasteiger partial charge in [0.05, 0.1) is 12.6 Å². The first-order valence-corrected chi connectivity index (χ1v) is 11.3. The minimum absolute atomic E-state index is 0.0522. The molecule has 0 saturated carbocycles. The van der Waals surface area contributed by atoms with Gasteiger partial charge in [0.15, 0.2) is 5.96 Å². The number of benzene rings is 2.